The van der Waals surface area contributed by atoms with E-state index < -0.39 is 0 Å². The first-order valence-corrected chi connectivity index (χ1v) is 8.94. The highest BCUT2D eigenvalue weighted by Crippen LogP contribution is 2.21. The van der Waals surface area contributed by atoms with Crippen molar-refractivity contribution in [3.63, 3.8) is 0 Å². The molecule has 3 heteroatoms. The van der Waals surface area contributed by atoms with Crippen molar-refractivity contribution < 1.29 is 4.79 Å². The zero-order valence-electron chi connectivity index (χ0n) is 13.7. The number of anilines is 1. The van der Waals surface area contributed by atoms with Gasteiger partial charge in [-0.3, -0.25) is 4.79 Å². The molecule has 2 aromatic rings. The Balaban J connectivity index is 1.68. The van der Waals surface area contributed by atoms with Crippen molar-refractivity contribution in [2.75, 3.05) is 18.0 Å². The average Bonchev–Trinajstić information content (AvgIpc) is 2.90. The molecule has 24 heavy (non-hydrogen) atoms. The van der Waals surface area contributed by atoms with E-state index in [9.17, 15) is 4.79 Å². The summed E-state index contributed by atoms with van der Waals surface area (Å²) in [5.74, 6) is -0.00247. The van der Waals surface area contributed by atoms with Gasteiger partial charge in [-0.2, -0.15) is 0 Å². The Morgan fingerprint density at radius 1 is 0.917 bits per heavy atom. The molecule has 0 amide bonds. The van der Waals surface area contributed by atoms with E-state index in [1.165, 1.54) is 31.4 Å². The number of hydrogen-bond acceptors (Lipinski definition) is 2. The van der Waals surface area contributed by atoms with Crippen molar-refractivity contribution in [1.29, 1.82) is 0 Å². The molecule has 3 rings (SSSR count). The van der Waals surface area contributed by atoms with Crippen LogP contribution in [0.5, 0.6) is 0 Å². The number of halogens is 1. The molecule has 1 saturated heterocycles. The van der Waals surface area contributed by atoms with E-state index in [1.54, 1.807) is 12.2 Å². The monoisotopic (exact) mass is 339 g/mol. The second kappa shape index (κ2) is 8.16. The van der Waals surface area contributed by atoms with E-state index in [4.69, 9.17) is 11.6 Å². The number of ketones is 1. The first-order valence-electron chi connectivity index (χ1n) is 8.56. The summed E-state index contributed by atoms with van der Waals surface area (Å²) >= 11 is 6.11. The molecular weight excluding hydrogens is 318 g/mol. The molecule has 0 spiro atoms. The molecule has 0 atom stereocenters. The van der Waals surface area contributed by atoms with Crippen molar-refractivity contribution in [3.05, 3.63) is 70.8 Å². The molecular formula is C21H22ClNO. The predicted molar refractivity (Wildman–Crippen MR) is 102 cm³/mol. The Labute approximate surface area is 148 Å². The van der Waals surface area contributed by atoms with Gasteiger partial charge >= 0.3 is 0 Å². The zero-order chi connectivity index (χ0) is 16.8. The van der Waals surface area contributed by atoms with Gasteiger partial charge in [0.2, 0.25) is 0 Å². The lowest BCUT2D eigenvalue weighted by molar-refractivity contribution is 0.104. The third-order valence-electron chi connectivity index (χ3n) is 4.44. The Kier molecular flexibility index (Phi) is 5.71. The normalized spacial score (nSPS) is 15.5. The van der Waals surface area contributed by atoms with E-state index >= 15 is 0 Å². The van der Waals surface area contributed by atoms with Crippen LogP contribution in [0, 0.1) is 0 Å². The molecule has 0 saturated carbocycles. The number of carbonyl (C=O) groups excluding carboxylic acids is 1. The van der Waals surface area contributed by atoms with Gasteiger partial charge in [0.15, 0.2) is 5.78 Å². The van der Waals surface area contributed by atoms with E-state index in [1.807, 2.05) is 36.4 Å². The second-order valence-corrected chi connectivity index (χ2v) is 6.57. The lowest BCUT2D eigenvalue weighted by Gasteiger charge is -2.22. The third kappa shape index (κ3) is 4.27. The first kappa shape index (κ1) is 16.8. The van der Waals surface area contributed by atoms with Crippen LogP contribution in [-0.4, -0.2) is 18.9 Å². The summed E-state index contributed by atoms with van der Waals surface area (Å²) < 4.78 is 0. The minimum atomic E-state index is -0.00247. The van der Waals surface area contributed by atoms with E-state index in [-0.39, 0.29) is 5.78 Å². The fourth-order valence-electron chi connectivity index (χ4n) is 3.04. The highest BCUT2D eigenvalue weighted by molar-refractivity contribution is 6.32. The molecule has 2 nitrogen and oxygen atoms in total. The highest BCUT2D eigenvalue weighted by Gasteiger charge is 2.10. The van der Waals surface area contributed by atoms with E-state index in [2.05, 4.69) is 17.0 Å². The van der Waals surface area contributed by atoms with Crippen LogP contribution in [0.1, 0.15) is 41.6 Å². The van der Waals surface area contributed by atoms with Crippen molar-refractivity contribution in [3.8, 4) is 0 Å². The van der Waals surface area contributed by atoms with Crippen LogP contribution >= 0.6 is 11.6 Å². The Bertz CT molecular complexity index is 713. The summed E-state index contributed by atoms with van der Waals surface area (Å²) in [5, 5.41) is 0.651. The maximum absolute atomic E-state index is 12.3. The quantitative estimate of drug-likeness (QED) is 0.532. The SMILES string of the molecule is O=C(C=Cc1ccccc1Cl)c1ccc(N2CCCCCC2)cc1. The standard InChI is InChI=1S/C21H22ClNO/c22-20-8-4-3-7-17(20)11-14-21(24)18-9-12-19(13-10-18)23-15-5-1-2-6-16-23/h3-4,7-14H,1-2,5-6,15-16H2. The Hall–Kier alpha value is -2.06. The molecule has 0 unspecified atom stereocenters. The van der Waals surface area contributed by atoms with Crippen LogP contribution in [0.3, 0.4) is 0 Å². The largest absolute Gasteiger partial charge is 0.372 e. The summed E-state index contributed by atoms with van der Waals surface area (Å²) in [4.78, 5) is 14.7. The molecule has 1 heterocycles. The van der Waals surface area contributed by atoms with Crippen molar-refractivity contribution >= 4 is 29.1 Å². The van der Waals surface area contributed by atoms with E-state index in [0.29, 0.717) is 10.6 Å². The Morgan fingerprint density at radius 3 is 2.25 bits per heavy atom. The predicted octanol–water partition coefficient (Wildman–Crippen LogP) is 5.62. The van der Waals surface area contributed by atoms with Gasteiger partial charge in [0.05, 0.1) is 0 Å². The van der Waals surface area contributed by atoms with Crippen LogP contribution in [0.2, 0.25) is 5.02 Å². The molecule has 1 aliphatic heterocycles. The van der Waals surface area contributed by atoms with Crippen LogP contribution in [0.15, 0.2) is 54.6 Å². The lowest BCUT2D eigenvalue weighted by Crippen LogP contribution is -2.23. The minimum Gasteiger partial charge on any atom is -0.372 e. The molecule has 124 valence electrons. The Morgan fingerprint density at radius 2 is 1.58 bits per heavy atom. The van der Waals surface area contributed by atoms with Gasteiger partial charge in [-0.05, 0) is 60.9 Å². The van der Waals surface area contributed by atoms with Crippen LogP contribution < -0.4 is 4.90 Å². The minimum absolute atomic E-state index is 0.00247. The fraction of sp³-hybridized carbons (Fsp3) is 0.286. The number of nitrogens with zero attached hydrogens (tertiary/aromatic N) is 1. The molecule has 0 N–H and O–H groups in total. The number of rotatable bonds is 4. The van der Waals surface area contributed by atoms with Crippen molar-refractivity contribution in [2.24, 2.45) is 0 Å². The highest BCUT2D eigenvalue weighted by atomic mass is 35.5. The average molecular weight is 340 g/mol. The summed E-state index contributed by atoms with van der Waals surface area (Å²) in [5.41, 5.74) is 2.77. The van der Waals surface area contributed by atoms with Gasteiger partial charge < -0.3 is 4.90 Å². The lowest BCUT2D eigenvalue weighted by atomic mass is 10.1. The fourth-order valence-corrected chi connectivity index (χ4v) is 3.24. The van der Waals surface area contributed by atoms with Crippen LogP contribution in [0.4, 0.5) is 5.69 Å². The number of benzene rings is 2. The van der Waals surface area contributed by atoms with Gasteiger partial charge in [-0.1, -0.05) is 42.6 Å². The molecule has 0 radical (unpaired) electrons. The molecule has 2 aromatic carbocycles. The van der Waals surface area contributed by atoms with Crippen LogP contribution in [-0.2, 0) is 0 Å². The second-order valence-electron chi connectivity index (χ2n) is 6.17. The van der Waals surface area contributed by atoms with Crippen molar-refractivity contribution in [2.45, 2.75) is 25.7 Å². The summed E-state index contributed by atoms with van der Waals surface area (Å²) in [6.07, 6.45) is 8.50. The zero-order valence-corrected chi connectivity index (χ0v) is 14.5. The van der Waals surface area contributed by atoms with Gasteiger partial charge in [0.25, 0.3) is 0 Å². The van der Waals surface area contributed by atoms with Gasteiger partial charge in [-0.15, -0.1) is 0 Å². The third-order valence-corrected chi connectivity index (χ3v) is 4.79. The first-order chi connectivity index (χ1) is 11.7. The molecule has 0 aliphatic carbocycles. The summed E-state index contributed by atoms with van der Waals surface area (Å²) in [6, 6.07) is 15.5. The maximum Gasteiger partial charge on any atom is 0.185 e. The smallest absolute Gasteiger partial charge is 0.185 e. The van der Waals surface area contributed by atoms with Crippen molar-refractivity contribution in [1.82, 2.24) is 0 Å². The molecule has 0 bridgehead atoms. The molecule has 0 aromatic heterocycles. The topological polar surface area (TPSA) is 20.3 Å². The summed E-state index contributed by atoms with van der Waals surface area (Å²) in [6.45, 7) is 2.22. The summed E-state index contributed by atoms with van der Waals surface area (Å²) in [7, 11) is 0. The molecule has 1 aliphatic rings. The van der Waals surface area contributed by atoms with E-state index in [0.717, 1.165) is 18.7 Å². The maximum atomic E-state index is 12.3. The number of carbonyl (C=O) groups is 1. The number of allylic oxidation sites excluding steroid dienone is 1. The number of hydrogen-bond donors (Lipinski definition) is 0. The van der Waals surface area contributed by atoms with Gasteiger partial charge in [-0.25, -0.2) is 0 Å². The van der Waals surface area contributed by atoms with Gasteiger partial charge in [0, 0.05) is 29.4 Å². The molecule has 1 fully saturated rings. The van der Waals surface area contributed by atoms with Gasteiger partial charge in [0.1, 0.15) is 0 Å². The van der Waals surface area contributed by atoms with Crippen LogP contribution in [0.25, 0.3) is 6.08 Å².